The van der Waals surface area contributed by atoms with Crippen molar-refractivity contribution in [1.29, 1.82) is 0 Å². The van der Waals surface area contributed by atoms with E-state index in [9.17, 15) is 9.59 Å². The first kappa shape index (κ1) is 13.1. The van der Waals surface area contributed by atoms with Gasteiger partial charge in [-0.2, -0.15) is 0 Å². The van der Waals surface area contributed by atoms with Gasteiger partial charge in [0, 0.05) is 0 Å². The molecule has 0 radical (unpaired) electrons. The van der Waals surface area contributed by atoms with Crippen molar-refractivity contribution < 1.29 is 14.3 Å². The third kappa shape index (κ3) is 2.59. The van der Waals surface area contributed by atoms with Crippen molar-refractivity contribution >= 4 is 11.9 Å². The number of carbonyl (C=O) groups excluding carboxylic acids is 2. The van der Waals surface area contributed by atoms with Crippen LogP contribution in [0.5, 0.6) is 5.75 Å². The van der Waals surface area contributed by atoms with Crippen molar-refractivity contribution in [3.8, 4) is 5.75 Å². The van der Waals surface area contributed by atoms with Crippen LogP contribution in [-0.2, 0) is 10.3 Å². The molecule has 1 aliphatic heterocycles. The Bertz CT molecular complexity index is 536. The van der Waals surface area contributed by atoms with Gasteiger partial charge in [0.15, 0.2) is 0 Å². The Kier molecular flexibility index (Phi) is 3.29. The summed E-state index contributed by atoms with van der Waals surface area (Å²) in [4.78, 5) is 23.0. The van der Waals surface area contributed by atoms with E-state index in [2.05, 4.69) is 17.2 Å². The minimum Gasteiger partial charge on any atom is -0.489 e. The lowest BCUT2D eigenvalue weighted by Crippen LogP contribution is -2.40. The first-order valence-electron chi connectivity index (χ1n) is 5.93. The summed E-state index contributed by atoms with van der Waals surface area (Å²) in [6.07, 6.45) is 0. The number of hydrogen-bond donors (Lipinski definition) is 2. The molecule has 0 bridgehead atoms. The van der Waals surface area contributed by atoms with Crippen LogP contribution in [0.2, 0.25) is 0 Å². The van der Waals surface area contributed by atoms with Gasteiger partial charge in [0.25, 0.3) is 5.91 Å². The van der Waals surface area contributed by atoms with Crippen LogP contribution in [0.4, 0.5) is 4.79 Å². The van der Waals surface area contributed by atoms with E-state index in [4.69, 9.17) is 4.74 Å². The lowest BCUT2D eigenvalue weighted by molar-refractivity contribution is -0.123. The molecule has 0 spiro atoms. The van der Waals surface area contributed by atoms with Gasteiger partial charge in [0.05, 0.1) is 0 Å². The summed E-state index contributed by atoms with van der Waals surface area (Å²) in [5.74, 6) is 0.341. The SMILES string of the molecule is C=C(C)COc1ccc([C@@]2(C)NC(=O)NC2=O)cc1. The second-order valence-electron chi connectivity index (χ2n) is 4.80. The fourth-order valence-electron chi connectivity index (χ4n) is 1.84. The Hall–Kier alpha value is -2.30. The molecule has 3 amide bonds. The highest BCUT2D eigenvalue weighted by Crippen LogP contribution is 2.26. The second-order valence-corrected chi connectivity index (χ2v) is 4.80. The molecule has 1 heterocycles. The van der Waals surface area contributed by atoms with Gasteiger partial charge in [-0.25, -0.2) is 4.79 Å². The third-order valence-electron chi connectivity index (χ3n) is 2.96. The van der Waals surface area contributed by atoms with Gasteiger partial charge in [0.1, 0.15) is 17.9 Å². The highest BCUT2D eigenvalue weighted by molar-refractivity contribution is 6.07. The number of imide groups is 1. The number of amides is 3. The number of benzene rings is 1. The van der Waals surface area contributed by atoms with E-state index in [-0.39, 0.29) is 5.91 Å². The summed E-state index contributed by atoms with van der Waals surface area (Å²) in [6, 6.07) is 6.58. The molecular weight excluding hydrogens is 244 g/mol. The largest absolute Gasteiger partial charge is 0.489 e. The molecule has 2 N–H and O–H groups in total. The average molecular weight is 260 g/mol. The molecular formula is C14H16N2O3. The minimum absolute atomic E-state index is 0.354. The maximum Gasteiger partial charge on any atom is 0.322 e. The van der Waals surface area contributed by atoms with E-state index in [1.807, 2.05) is 6.92 Å². The Morgan fingerprint density at radius 2 is 1.95 bits per heavy atom. The lowest BCUT2D eigenvalue weighted by Gasteiger charge is -2.21. The molecule has 5 heteroatoms. The predicted octanol–water partition coefficient (Wildman–Crippen LogP) is 1.70. The minimum atomic E-state index is -1.02. The first-order valence-corrected chi connectivity index (χ1v) is 5.93. The topological polar surface area (TPSA) is 67.4 Å². The number of ether oxygens (including phenoxy) is 1. The van der Waals surface area contributed by atoms with Crippen LogP contribution in [-0.4, -0.2) is 18.5 Å². The second kappa shape index (κ2) is 4.76. The van der Waals surface area contributed by atoms with E-state index >= 15 is 0 Å². The zero-order valence-electron chi connectivity index (χ0n) is 10.9. The molecule has 0 aliphatic carbocycles. The number of nitrogens with one attached hydrogen (secondary N) is 2. The van der Waals surface area contributed by atoms with Crippen molar-refractivity contribution in [3.63, 3.8) is 0 Å². The first-order chi connectivity index (χ1) is 8.91. The highest BCUT2D eigenvalue weighted by Gasteiger charge is 2.43. The summed E-state index contributed by atoms with van der Waals surface area (Å²) >= 11 is 0. The van der Waals surface area contributed by atoms with Crippen molar-refractivity contribution in [2.45, 2.75) is 19.4 Å². The Labute approximate surface area is 111 Å². The highest BCUT2D eigenvalue weighted by atomic mass is 16.5. The molecule has 0 unspecified atom stereocenters. The molecule has 100 valence electrons. The Morgan fingerprint density at radius 1 is 1.32 bits per heavy atom. The zero-order valence-corrected chi connectivity index (χ0v) is 10.9. The number of carbonyl (C=O) groups is 2. The van der Waals surface area contributed by atoms with E-state index in [0.717, 1.165) is 5.57 Å². The smallest absolute Gasteiger partial charge is 0.322 e. The van der Waals surface area contributed by atoms with Gasteiger partial charge in [-0.15, -0.1) is 0 Å². The molecule has 1 aromatic carbocycles. The van der Waals surface area contributed by atoms with Crippen LogP contribution < -0.4 is 15.4 Å². The van der Waals surface area contributed by atoms with E-state index < -0.39 is 11.6 Å². The summed E-state index contributed by atoms with van der Waals surface area (Å²) in [6.45, 7) is 7.75. The number of hydrogen-bond acceptors (Lipinski definition) is 3. The monoisotopic (exact) mass is 260 g/mol. The van der Waals surface area contributed by atoms with Gasteiger partial charge in [-0.3, -0.25) is 10.1 Å². The van der Waals surface area contributed by atoms with Crippen LogP contribution in [0.1, 0.15) is 19.4 Å². The normalized spacial score (nSPS) is 21.8. The lowest BCUT2D eigenvalue weighted by atomic mass is 9.92. The molecule has 1 saturated heterocycles. The standard InChI is InChI=1S/C14H16N2O3/c1-9(2)8-19-11-6-4-10(5-7-11)14(3)12(17)15-13(18)16-14/h4-7H,1,8H2,2-3H3,(H2,15,16,17,18)/t14-/m1/s1. The van der Waals surface area contributed by atoms with Gasteiger partial charge in [-0.1, -0.05) is 18.7 Å². The van der Waals surface area contributed by atoms with E-state index in [1.165, 1.54) is 0 Å². The van der Waals surface area contributed by atoms with Crippen molar-refractivity contribution in [2.24, 2.45) is 0 Å². The maximum absolute atomic E-state index is 11.8. The predicted molar refractivity (Wildman–Crippen MR) is 70.8 cm³/mol. The van der Waals surface area contributed by atoms with Crippen molar-refractivity contribution in [1.82, 2.24) is 10.6 Å². The van der Waals surface area contributed by atoms with Crippen LogP contribution >= 0.6 is 0 Å². The molecule has 2 rings (SSSR count). The molecule has 0 saturated carbocycles. The summed E-state index contributed by atoms with van der Waals surface area (Å²) in [7, 11) is 0. The fraction of sp³-hybridized carbons (Fsp3) is 0.286. The Balaban J connectivity index is 2.16. The fourth-order valence-corrected chi connectivity index (χ4v) is 1.84. The average Bonchev–Trinajstić information content (AvgIpc) is 2.62. The molecule has 19 heavy (non-hydrogen) atoms. The maximum atomic E-state index is 11.8. The van der Waals surface area contributed by atoms with Crippen LogP contribution in [0, 0.1) is 0 Å². The molecule has 1 fully saturated rings. The molecule has 0 aromatic heterocycles. The van der Waals surface area contributed by atoms with Gasteiger partial charge in [0.2, 0.25) is 0 Å². The molecule has 5 nitrogen and oxygen atoms in total. The van der Waals surface area contributed by atoms with Gasteiger partial charge in [-0.05, 0) is 37.1 Å². The van der Waals surface area contributed by atoms with E-state index in [1.54, 1.807) is 31.2 Å². The Morgan fingerprint density at radius 3 is 2.42 bits per heavy atom. The summed E-state index contributed by atoms with van der Waals surface area (Å²) in [5.41, 5.74) is 0.612. The summed E-state index contributed by atoms with van der Waals surface area (Å²) < 4.78 is 5.48. The third-order valence-corrected chi connectivity index (χ3v) is 2.96. The zero-order chi connectivity index (χ0) is 14.0. The summed E-state index contributed by atoms with van der Waals surface area (Å²) in [5, 5.41) is 4.84. The molecule has 1 atom stereocenters. The van der Waals surface area contributed by atoms with Crippen LogP contribution in [0.3, 0.4) is 0 Å². The van der Waals surface area contributed by atoms with Gasteiger partial charge >= 0.3 is 6.03 Å². The quantitative estimate of drug-likeness (QED) is 0.639. The number of urea groups is 1. The van der Waals surface area contributed by atoms with Crippen molar-refractivity contribution in [2.75, 3.05) is 6.61 Å². The van der Waals surface area contributed by atoms with Crippen LogP contribution in [0.25, 0.3) is 0 Å². The number of rotatable bonds is 4. The van der Waals surface area contributed by atoms with E-state index in [0.29, 0.717) is 17.9 Å². The van der Waals surface area contributed by atoms with Gasteiger partial charge < -0.3 is 10.1 Å². The van der Waals surface area contributed by atoms with Crippen molar-refractivity contribution in [3.05, 3.63) is 42.0 Å². The molecule has 1 aliphatic rings. The molecule has 1 aromatic rings. The van der Waals surface area contributed by atoms with Crippen LogP contribution in [0.15, 0.2) is 36.4 Å².